The van der Waals surface area contributed by atoms with E-state index in [9.17, 15) is 0 Å². The van der Waals surface area contributed by atoms with Crippen LogP contribution in [0.25, 0.3) is 11.2 Å². The van der Waals surface area contributed by atoms with Crippen LogP contribution in [0.3, 0.4) is 0 Å². The van der Waals surface area contributed by atoms with Crippen molar-refractivity contribution in [2.45, 2.75) is 0 Å². The van der Waals surface area contributed by atoms with Gasteiger partial charge in [-0.05, 0) is 24.3 Å². The standard InChI is InChI=1S/C12H10N3/c1-2-7-14-10-15(9-12(14)4-1)11-5-3-6-13-8-11/h1-10H/q+1. The Morgan fingerprint density at radius 3 is 2.93 bits per heavy atom. The summed E-state index contributed by atoms with van der Waals surface area (Å²) in [4.78, 5) is 4.10. The van der Waals surface area contributed by atoms with Crippen LogP contribution < -0.4 is 4.57 Å². The lowest BCUT2D eigenvalue weighted by molar-refractivity contribution is -0.594. The molecule has 3 aromatic heterocycles. The molecule has 0 aliphatic carbocycles. The highest BCUT2D eigenvalue weighted by atomic mass is 15.1. The fourth-order valence-corrected chi connectivity index (χ4v) is 1.64. The van der Waals surface area contributed by atoms with Crippen molar-refractivity contribution in [2.75, 3.05) is 0 Å². The summed E-state index contributed by atoms with van der Waals surface area (Å²) in [5.74, 6) is 0. The van der Waals surface area contributed by atoms with Gasteiger partial charge in [0, 0.05) is 6.20 Å². The predicted octanol–water partition coefficient (Wildman–Crippen LogP) is 1.61. The Hall–Kier alpha value is -2.16. The number of nitrogens with zero attached hydrogens (tertiary/aromatic N) is 3. The fraction of sp³-hybridized carbons (Fsp3) is 0. The van der Waals surface area contributed by atoms with Gasteiger partial charge in [0.15, 0.2) is 11.2 Å². The topological polar surface area (TPSA) is 21.2 Å². The lowest BCUT2D eigenvalue weighted by atomic mass is 10.4. The summed E-state index contributed by atoms with van der Waals surface area (Å²) in [6, 6.07) is 10.1. The van der Waals surface area contributed by atoms with Gasteiger partial charge < -0.3 is 0 Å². The molecule has 0 aliphatic heterocycles. The summed E-state index contributed by atoms with van der Waals surface area (Å²) < 4.78 is 4.13. The largest absolute Gasteiger partial charge is 0.260 e. The minimum atomic E-state index is 1.07. The summed E-state index contributed by atoms with van der Waals surface area (Å²) in [5, 5.41) is 0. The Kier molecular flexibility index (Phi) is 1.75. The zero-order chi connectivity index (χ0) is 10.1. The maximum atomic E-state index is 4.10. The number of pyridine rings is 2. The third-order valence-corrected chi connectivity index (χ3v) is 2.39. The van der Waals surface area contributed by atoms with Crippen molar-refractivity contribution in [3.05, 3.63) is 61.4 Å². The molecule has 0 N–H and O–H groups in total. The van der Waals surface area contributed by atoms with Crippen LogP contribution in [0.5, 0.6) is 0 Å². The molecule has 0 aromatic carbocycles. The van der Waals surface area contributed by atoms with Gasteiger partial charge in [-0.25, -0.2) is 4.40 Å². The average molecular weight is 196 g/mol. The lowest BCUT2D eigenvalue weighted by Crippen LogP contribution is -2.27. The Balaban J connectivity index is 2.21. The molecule has 72 valence electrons. The number of rotatable bonds is 1. The molecule has 3 heteroatoms. The predicted molar refractivity (Wildman–Crippen MR) is 56.7 cm³/mol. The van der Waals surface area contributed by atoms with Gasteiger partial charge in [-0.15, -0.1) is 0 Å². The molecule has 0 saturated carbocycles. The van der Waals surface area contributed by atoms with Gasteiger partial charge in [-0.1, -0.05) is 6.07 Å². The van der Waals surface area contributed by atoms with Gasteiger partial charge in [-0.3, -0.25) is 4.98 Å². The number of aromatic nitrogens is 3. The first-order chi connectivity index (χ1) is 7.43. The highest BCUT2D eigenvalue weighted by Gasteiger charge is 2.06. The first-order valence-corrected chi connectivity index (χ1v) is 4.82. The molecule has 0 atom stereocenters. The maximum Gasteiger partial charge on any atom is 0.254 e. The quantitative estimate of drug-likeness (QED) is 0.542. The van der Waals surface area contributed by atoms with E-state index in [-0.39, 0.29) is 0 Å². The van der Waals surface area contributed by atoms with Crippen molar-refractivity contribution < 1.29 is 4.57 Å². The van der Waals surface area contributed by atoms with Crippen molar-refractivity contribution in [2.24, 2.45) is 0 Å². The van der Waals surface area contributed by atoms with E-state index in [1.807, 2.05) is 43.0 Å². The first kappa shape index (κ1) is 8.17. The third kappa shape index (κ3) is 1.38. The SMILES string of the molecule is c1cncc(-[n+]2cc3ccccn3c2)c1. The van der Waals surface area contributed by atoms with Gasteiger partial charge in [0.1, 0.15) is 6.20 Å². The molecule has 0 saturated heterocycles. The molecular weight excluding hydrogens is 186 g/mol. The highest BCUT2D eigenvalue weighted by molar-refractivity contribution is 5.42. The van der Waals surface area contributed by atoms with Crippen molar-refractivity contribution in [3.8, 4) is 5.69 Å². The van der Waals surface area contributed by atoms with Crippen LogP contribution in [-0.2, 0) is 0 Å². The Bertz CT molecular complexity index is 551. The Morgan fingerprint density at radius 1 is 1.13 bits per heavy atom. The van der Waals surface area contributed by atoms with E-state index < -0.39 is 0 Å². The molecular formula is C12H10N3+. The average Bonchev–Trinajstić information content (AvgIpc) is 2.74. The molecule has 3 heterocycles. The molecule has 3 aromatic rings. The second kappa shape index (κ2) is 3.20. The summed E-state index contributed by atoms with van der Waals surface area (Å²) >= 11 is 0. The Labute approximate surface area is 87.3 Å². The molecule has 0 amide bonds. The molecule has 3 rings (SSSR count). The monoisotopic (exact) mass is 196 g/mol. The number of fused-ring (bicyclic) bond motifs is 1. The van der Waals surface area contributed by atoms with Crippen LogP contribution in [0.2, 0.25) is 0 Å². The summed E-state index contributed by atoms with van der Waals surface area (Å²) in [6.07, 6.45) is 9.77. The van der Waals surface area contributed by atoms with Crippen LogP contribution in [0.1, 0.15) is 0 Å². The van der Waals surface area contributed by atoms with Crippen molar-refractivity contribution in [1.82, 2.24) is 9.38 Å². The van der Waals surface area contributed by atoms with Crippen molar-refractivity contribution in [3.63, 3.8) is 0 Å². The maximum absolute atomic E-state index is 4.10. The van der Waals surface area contributed by atoms with E-state index in [0.717, 1.165) is 5.69 Å². The molecule has 0 fully saturated rings. The molecule has 0 unspecified atom stereocenters. The smallest absolute Gasteiger partial charge is 0.254 e. The van der Waals surface area contributed by atoms with E-state index in [1.54, 1.807) is 6.20 Å². The normalized spacial score (nSPS) is 10.7. The number of hydrogen-bond donors (Lipinski definition) is 0. The summed E-state index contributed by atoms with van der Waals surface area (Å²) in [5.41, 5.74) is 2.24. The Morgan fingerprint density at radius 2 is 2.13 bits per heavy atom. The van der Waals surface area contributed by atoms with Gasteiger partial charge in [0.2, 0.25) is 0 Å². The molecule has 0 radical (unpaired) electrons. The van der Waals surface area contributed by atoms with Crippen LogP contribution in [0.4, 0.5) is 0 Å². The summed E-state index contributed by atoms with van der Waals surface area (Å²) in [7, 11) is 0. The minimum Gasteiger partial charge on any atom is -0.260 e. The first-order valence-electron chi connectivity index (χ1n) is 4.82. The van der Waals surface area contributed by atoms with Gasteiger partial charge in [-0.2, -0.15) is 4.57 Å². The molecule has 15 heavy (non-hydrogen) atoms. The zero-order valence-corrected chi connectivity index (χ0v) is 8.12. The molecule has 0 spiro atoms. The van der Waals surface area contributed by atoms with Crippen LogP contribution in [0.15, 0.2) is 61.4 Å². The van der Waals surface area contributed by atoms with Crippen molar-refractivity contribution >= 4 is 5.52 Å². The number of imidazole rings is 1. The molecule has 0 aliphatic rings. The van der Waals surface area contributed by atoms with Crippen LogP contribution in [-0.4, -0.2) is 9.38 Å². The third-order valence-electron chi connectivity index (χ3n) is 2.39. The van der Waals surface area contributed by atoms with E-state index >= 15 is 0 Å². The van der Waals surface area contributed by atoms with Gasteiger partial charge in [0.05, 0.1) is 12.4 Å². The van der Waals surface area contributed by atoms with Crippen molar-refractivity contribution in [1.29, 1.82) is 0 Å². The van der Waals surface area contributed by atoms with Crippen LogP contribution >= 0.6 is 0 Å². The zero-order valence-electron chi connectivity index (χ0n) is 8.12. The van der Waals surface area contributed by atoms with E-state index in [2.05, 4.69) is 26.2 Å². The second-order valence-corrected chi connectivity index (χ2v) is 3.40. The van der Waals surface area contributed by atoms with E-state index in [1.165, 1.54) is 5.52 Å². The fourth-order valence-electron chi connectivity index (χ4n) is 1.64. The second-order valence-electron chi connectivity index (χ2n) is 3.40. The van der Waals surface area contributed by atoms with Crippen LogP contribution in [0, 0.1) is 0 Å². The highest BCUT2D eigenvalue weighted by Crippen LogP contribution is 2.02. The van der Waals surface area contributed by atoms with E-state index in [4.69, 9.17) is 0 Å². The van der Waals surface area contributed by atoms with E-state index in [0.29, 0.717) is 0 Å². The minimum absolute atomic E-state index is 1.07. The number of hydrogen-bond acceptors (Lipinski definition) is 1. The molecule has 3 nitrogen and oxygen atoms in total. The lowest BCUT2D eigenvalue weighted by Gasteiger charge is -1.90. The van der Waals surface area contributed by atoms with Gasteiger partial charge >= 0.3 is 0 Å². The summed E-state index contributed by atoms with van der Waals surface area (Å²) in [6.45, 7) is 0. The molecule has 0 bridgehead atoms. The van der Waals surface area contributed by atoms with Gasteiger partial charge in [0.25, 0.3) is 6.33 Å².